The van der Waals surface area contributed by atoms with Crippen LogP contribution in [0.5, 0.6) is 0 Å². The van der Waals surface area contributed by atoms with Gasteiger partial charge in [-0.3, -0.25) is 4.79 Å². The zero-order valence-corrected chi connectivity index (χ0v) is 9.68. The number of rotatable bonds is 2. The van der Waals surface area contributed by atoms with E-state index in [0.717, 1.165) is 0 Å². The quantitative estimate of drug-likeness (QED) is 0.758. The van der Waals surface area contributed by atoms with E-state index in [1.165, 1.54) is 22.3 Å². The van der Waals surface area contributed by atoms with E-state index in [1.807, 2.05) is 31.2 Å². The van der Waals surface area contributed by atoms with Crippen LogP contribution in [0.1, 0.15) is 24.0 Å². The zero-order valence-electron chi connectivity index (χ0n) is 9.68. The summed E-state index contributed by atoms with van der Waals surface area (Å²) in [5.74, 6) is 0.0692. The number of hydrogen-bond acceptors (Lipinski definition) is 1. The van der Waals surface area contributed by atoms with Crippen molar-refractivity contribution in [2.24, 2.45) is 5.92 Å². The van der Waals surface area contributed by atoms with Crippen molar-refractivity contribution in [3.05, 3.63) is 59.7 Å². The molecule has 0 heterocycles. The van der Waals surface area contributed by atoms with Gasteiger partial charge in [0.2, 0.25) is 6.29 Å². The summed E-state index contributed by atoms with van der Waals surface area (Å²) in [6.45, 7) is 1.94. The normalized spacial score (nSPS) is 15.1. The number of hydrogen-bond donors (Lipinski definition) is 0. The van der Waals surface area contributed by atoms with Gasteiger partial charge in [0, 0.05) is 11.8 Å². The Morgan fingerprint density at radius 3 is 1.88 bits per heavy atom. The molecule has 0 saturated heterocycles. The molecular formula is C16H13O. The van der Waals surface area contributed by atoms with Crippen LogP contribution < -0.4 is 0 Å². The van der Waals surface area contributed by atoms with Crippen molar-refractivity contribution in [3.63, 3.8) is 0 Å². The summed E-state index contributed by atoms with van der Waals surface area (Å²) in [5.41, 5.74) is 5.03. The topological polar surface area (TPSA) is 17.1 Å². The molecular weight excluding hydrogens is 208 g/mol. The van der Waals surface area contributed by atoms with Crippen LogP contribution in [0, 0.1) is 5.92 Å². The van der Waals surface area contributed by atoms with Crippen LogP contribution in [0.4, 0.5) is 0 Å². The summed E-state index contributed by atoms with van der Waals surface area (Å²) in [6, 6.07) is 16.7. The average molecular weight is 221 g/mol. The zero-order chi connectivity index (χ0) is 11.8. The molecule has 0 bridgehead atoms. The van der Waals surface area contributed by atoms with Crippen LogP contribution in [0.3, 0.4) is 0 Å². The second-order valence-corrected chi connectivity index (χ2v) is 4.56. The van der Waals surface area contributed by atoms with E-state index in [9.17, 15) is 4.79 Å². The lowest BCUT2D eigenvalue weighted by atomic mass is 9.86. The summed E-state index contributed by atoms with van der Waals surface area (Å²) in [6.07, 6.45) is 2.14. The predicted molar refractivity (Wildman–Crippen MR) is 68.6 cm³/mol. The predicted octanol–water partition coefficient (Wildman–Crippen LogP) is 3.54. The molecule has 0 N–H and O–H groups in total. The average Bonchev–Trinajstić information content (AvgIpc) is 2.72. The monoisotopic (exact) mass is 221 g/mol. The second-order valence-electron chi connectivity index (χ2n) is 4.56. The molecule has 1 heteroatoms. The van der Waals surface area contributed by atoms with Gasteiger partial charge >= 0.3 is 0 Å². The molecule has 2 aromatic rings. The van der Waals surface area contributed by atoms with E-state index in [-0.39, 0.29) is 11.8 Å². The summed E-state index contributed by atoms with van der Waals surface area (Å²) >= 11 is 0. The van der Waals surface area contributed by atoms with Crippen molar-refractivity contribution in [2.75, 3.05) is 0 Å². The first kappa shape index (κ1) is 10.3. The molecule has 0 aliphatic heterocycles. The van der Waals surface area contributed by atoms with Gasteiger partial charge in [-0.15, -0.1) is 0 Å². The van der Waals surface area contributed by atoms with Crippen LogP contribution in [-0.4, -0.2) is 6.29 Å². The first-order valence-corrected chi connectivity index (χ1v) is 5.89. The van der Waals surface area contributed by atoms with Crippen LogP contribution in [0.25, 0.3) is 11.1 Å². The van der Waals surface area contributed by atoms with Gasteiger partial charge in [-0.25, -0.2) is 0 Å². The third kappa shape index (κ3) is 1.42. The van der Waals surface area contributed by atoms with Gasteiger partial charge in [0.25, 0.3) is 0 Å². The lowest BCUT2D eigenvalue weighted by molar-refractivity contribution is 0.516. The lowest BCUT2D eigenvalue weighted by Gasteiger charge is -2.15. The fourth-order valence-electron chi connectivity index (χ4n) is 2.80. The van der Waals surface area contributed by atoms with Crippen molar-refractivity contribution in [1.29, 1.82) is 0 Å². The van der Waals surface area contributed by atoms with E-state index >= 15 is 0 Å². The smallest absolute Gasteiger partial charge is 0.202 e. The Hall–Kier alpha value is -1.89. The molecule has 1 atom stereocenters. The van der Waals surface area contributed by atoms with Crippen LogP contribution in [0.2, 0.25) is 0 Å². The molecule has 0 fully saturated rings. The van der Waals surface area contributed by atoms with Crippen molar-refractivity contribution in [1.82, 2.24) is 0 Å². The fourth-order valence-corrected chi connectivity index (χ4v) is 2.80. The summed E-state index contributed by atoms with van der Waals surface area (Å²) < 4.78 is 0. The van der Waals surface area contributed by atoms with Gasteiger partial charge in [0.15, 0.2) is 0 Å². The van der Waals surface area contributed by atoms with Crippen LogP contribution in [0.15, 0.2) is 48.5 Å². The van der Waals surface area contributed by atoms with Crippen LogP contribution >= 0.6 is 0 Å². The van der Waals surface area contributed by atoms with Crippen molar-refractivity contribution < 1.29 is 4.79 Å². The molecule has 0 saturated carbocycles. The minimum Gasteiger partial charge on any atom is -0.291 e. The Morgan fingerprint density at radius 2 is 1.41 bits per heavy atom. The molecule has 0 spiro atoms. The van der Waals surface area contributed by atoms with Gasteiger partial charge in [0.05, 0.1) is 0 Å². The summed E-state index contributed by atoms with van der Waals surface area (Å²) in [4.78, 5) is 11.0. The van der Waals surface area contributed by atoms with Crippen LogP contribution in [-0.2, 0) is 4.79 Å². The van der Waals surface area contributed by atoms with E-state index in [1.54, 1.807) is 0 Å². The molecule has 1 nitrogen and oxygen atoms in total. The largest absolute Gasteiger partial charge is 0.291 e. The minimum atomic E-state index is -0.0974. The van der Waals surface area contributed by atoms with E-state index < -0.39 is 0 Å². The molecule has 1 radical (unpaired) electrons. The molecule has 2 aromatic carbocycles. The SMILES string of the molecule is CC([C]=O)C1c2ccccc2-c2ccccc21. The Bertz CT molecular complexity index is 526. The molecule has 0 amide bonds. The van der Waals surface area contributed by atoms with Crippen molar-refractivity contribution >= 4 is 6.29 Å². The first-order chi connectivity index (χ1) is 8.33. The first-order valence-electron chi connectivity index (χ1n) is 5.89. The van der Waals surface area contributed by atoms with E-state index in [2.05, 4.69) is 30.6 Å². The number of carbonyl (C=O) groups excluding carboxylic acids is 1. The van der Waals surface area contributed by atoms with Crippen molar-refractivity contribution in [3.8, 4) is 11.1 Å². The summed E-state index contributed by atoms with van der Waals surface area (Å²) in [7, 11) is 0. The Kier molecular flexibility index (Phi) is 2.32. The highest BCUT2D eigenvalue weighted by Gasteiger charge is 2.31. The highest BCUT2D eigenvalue weighted by atomic mass is 16.1. The number of fused-ring (bicyclic) bond motifs is 3. The molecule has 0 aromatic heterocycles. The maximum atomic E-state index is 11.0. The minimum absolute atomic E-state index is 0.0974. The Labute approximate surface area is 101 Å². The molecule has 3 rings (SSSR count). The highest BCUT2D eigenvalue weighted by Crippen LogP contribution is 2.47. The highest BCUT2D eigenvalue weighted by molar-refractivity contribution is 5.80. The molecule has 83 valence electrons. The Balaban J connectivity index is 2.27. The lowest BCUT2D eigenvalue weighted by Crippen LogP contribution is -2.09. The maximum absolute atomic E-state index is 11.0. The van der Waals surface area contributed by atoms with Gasteiger partial charge < -0.3 is 0 Å². The van der Waals surface area contributed by atoms with Crippen molar-refractivity contribution in [2.45, 2.75) is 12.8 Å². The summed E-state index contributed by atoms with van der Waals surface area (Å²) in [5, 5.41) is 0. The second kappa shape index (κ2) is 3.85. The number of benzene rings is 2. The van der Waals surface area contributed by atoms with Gasteiger partial charge in [-0.2, -0.15) is 0 Å². The third-order valence-corrected chi connectivity index (χ3v) is 3.57. The molecule has 1 aliphatic rings. The maximum Gasteiger partial charge on any atom is 0.202 e. The van der Waals surface area contributed by atoms with Gasteiger partial charge in [-0.1, -0.05) is 55.5 Å². The van der Waals surface area contributed by atoms with E-state index in [0.29, 0.717) is 0 Å². The molecule has 1 unspecified atom stereocenters. The molecule has 17 heavy (non-hydrogen) atoms. The van der Waals surface area contributed by atoms with Gasteiger partial charge in [0.1, 0.15) is 0 Å². The molecule has 1 aliphatic carbocycles. The van der Waals surface area contributed by atoms with Gasteiger partial charge in [-0.05, 0) is 22.3 Å². The third-order valence-electron chi connectivity index (χ3n) is 3.57. The van der Waals surface area contributed by atoms with E-state index in [4.69, 9.17) is 0 Å². The fraction of sp³-hybridized carbons (Fsp3) is 0.188. The standard InChI is InChI=1S/C16H13O/c1-11(10-17)16-14-8-4-2-6-12(14)13-7-3-5-9-15(13)16/h2-9,11,16H,1H3. The Morgan fingerprint density at radius 1 is 0.941 bits per heavy atom.